The molecule has 0 atom stereocenters. The Hall–Kier alpha value is -1.42. The number of Topliss-reactive ketones (excluding diaryl/α,β-unsaturated/α-hetero) is 1. The van der Waals surface area contributed by atoms with Gasteiger partial charge in [-0.25, -0.2) is 0 Å². The molecule has 11 heavy (non-hydrogen) atoms. The van der Waals surface area contributed by atoms with Gasteiger partial charge in [0.05, 0.1) is 6.61 Å². The molecule has 1 aliphatic rings. The Morgan fingerprint density at radius 3 is 2.45 bits per heavy atom. The third kappa shape index (κ3) is 1.35. The molecular weight excluding hydrogens is 148 g/mol. The summed E-state index contributed by atoms with van der Waals surface area (Å²) in [6.45, 7) is -0.525. The Balaban J connectivity index is 3.00. The van der Waals surface area contributed by atoms with E-state index in [4.69, 9.17) is 10.2 Å². The Morgan fingerprint density at radius 2 is 1.91 bits per heavy atom. The number of hydrogen-bond donors (Lipinski definition) is 2. The monoisotopic (exact) mass is 154 g/mol. The van der Waals surface area contributed by atoms with Crippen molar-refractivity contribution in [3.05, 3.63) is 23.5 Å². The van der Waals surface area contributed by atoms with Crippen molar-refractivity contribution in [3.8, 4) is 0 Å². The van der Waals surface area contributed by atoms with Gasteiger partial charge in [-0.3, -0.25) is 9.59 Å². The largest absolute Gasteiger partial charge is 0.504 e. The van der Waals surface area contributed by atoms with Crippen molar-refractivity contribution in [1.29, 1.82) is 0 Å². The van der Waals surface area contributed by atoms with Crippen LogP contribution in [0.4, 0.5) is 0 Å². The Labute approximate surface area is 62.5 Å². The number of rotatable bonds is 1. The summed E-state index contributed by atoms with van der Waals surface area (Å²) in [5, 5.41) is 17.3. The lowest BCUT2D eigenvalue weighted by molar-refractivity contribution is -0.117. The SMILES string of the molecule is O=C1C=C(O)C(=O)C(CO)=C1. The van der Waals surface area contributed by atoms with Crippen molar-refractivity contribution >= 4 is 11.6 Å². The highest BCUT2D eigenvalue weighted by Gasteiger charge is 2.19. The smallest absolute Gasteiger partial charge is 0.225 e. The van der Waals surface area contributed by atoms with Crippen molar-refractivity contribution in [2.24, 2.45) is 0 Å². The van der Waals surface area contributed by atoms with Crippen LogP contribution in [-0.4, -0.2) is 28.4 Å². The summed E-state index contributed by atoms with van der Waals surface area (Å²) in [6.07, 6.45) is 1.82. The number of ketones is 2. The highest BCUT2D eigenvalue weighted by Crippen LogP contribution is 2.09. The molecule has 58 valence electrons. The van der Waals surface area contributed by atoms with Gasteiger partial charge in [-0.05, 0) is 6.08 Å². The van der Waals surface area contributed by atoms with Crippen LogP contribution >= 0.6 is 0 Å². The van der Waals surface area contributed by atoms with E-state index in [-0.39, 0.29) is 5.57 Å². The lowest BCUT2D eigenvalue weighted by Crippen LogP contribution is -2.16. The fourth-order valence-electron chi connectivity index (χ4n) is 0.761. The Bertz CT molecular complexity index is 272. The first-order valence-corrected chi connectivity index (χ1v) is 2.96. The van der Waals surface area contributed by atoms with Crippen LogP contribution in [0.1, 0.15) is 0 Å². The van der Waals surface area contributed by atoms with Crippen molar-refractivity contribution in [1.82, 2.24) is 0 Å². The molecular formula is C7H6O4. The molecule has 0 aliphatic heterocycles. The minimum Gasteiger partial charge on any atom is -0.504 e. The number of allylic oxidation sites excluding steroid dienone is 3. The molecule has 0 heterocycles. The minimum atomic E-state index is -0.688. The molecule has 2 N–H and O–H groups in total. The predicted molar refractivity (Wildman–Crippen MR) is 35.9 cm³/mol. The van der Waals surface area contributed by atoms with E-state index in [1.54, 1.807) is 0 Å². The maximum atomic E-state index is 10.8. The summed E-state index contributed by atoms with van der Waals surface area (Å²) >= 11 is 0. The molecule has 0 aromatic rings. The molecule has 0 saturated heterocycles. The first-order valence-electron chi connectivity index (χ1n) is 2.96. The number of carbonyl (C=O) groups is 2. The van der Waals surface area contributed by atoms with Crippen LogP contribution in [0, 0.1) is 0 Å². The zero-order valence-corrected chi connectivity index (χ0v) is 5.57. The fraction of sp³-hybridized carbons (Fsp3) is 0.143. The van der Waals surface area contributed by atoms with E-state index in [1.807, 2.05) is 0 Å². The quantitative estimate of drug-likeness (QED) is 0.499. The van der Waals surface area contributed by atoms with Crippen LogP contribution in [0.15, 0.2) is 23.5 Å². The number of hydrogen-bond acceptors (Lipinski definition) is 4. The average Bonchev–Trinajstić information content (AvgIpc) is 1.96. The van der Waals surface area contributed by atoms with Gasteiger partial charge in [-0.1, -0.05) is 0 Å². The van der Waals surface area contributed by atoms with Crippen molar-refractivity contribution in [2.75, 3.05) is 6.61 Å². The number of carbonyl (C=O) groups excluding carboxylic acids is 2. The molecule has 0 saturated carbocycles. The average molecular weight is 154 g/mol. The van der Waals surface area contributed by atoms with Gasteiger partial charge in [-0.2, -0.15) is 0 Å². The summed E-state index contributed by atoms with van der Waals surface area (Å²) in [5.41, 5.74) is -0.0741. The third-order valence-corrected chi connectivity index (χ3v) is 1.29. The number of aliphatic hydroxyl groups excluding tert-OH is 2. The van der Waals surface area contributed by atoms with E-state index in [1.165, 1.54) is 0 Å². The van der Waals surface area contributed by atoms with Crippen LogP contribution in [0.3, 0.4) is 0 Å². The van der Waals surface area contributed by atoms with Crippen LogP contribution in [0.2, 0.25) is 0 Å². The molecule has 0 radical (unpaired) electrons. The summed E-state index contributed by atoms with van der Waals surface area (Å²) in [5.74, 6) is -1.78. The summed E-state index contributed by atoms with van der Waals surface area (Å²) in [4.78, 5) is 21.4. The highest BCUT2D eigenvalue weighted by molar-refractivity contribution is 6.19. The van der Waals surface area contributed by atoms with Crippen LogP contribution in [-0.2, 0) is 9.59 Å². The van der Waals surface area contributed by atoms with Crippen molar-refractivity contribution in [3.63, 3.8) is 0 Å². The van der Waals surface area contributed by atoms with E-state index in [9.17, 15) is 9.59 Å². The zero-order valence-electron chi connectivity index (χ0n) is 5.57. The molecule has 0 aromatic carbocycles. The minimum absolute atomic E-state index is 0.0741. The maximum Gasteiger partial charge on any atom is 0.225 e. The van der Waals surface area contributed by atoms with E-state index < -0.39 is 23.9 Å². The topological polar surface area (TPSA) is 74.6 Å². The van der Waals surface area contributed by atoms with E-state index in [0.717, 1.165) is 12.2 Å². The van der Waals surface area contributed by atoms with Crippen molar-refractivity contribution in [2.45, 2.75) is 0 Å². The second-order valence-electron chi connectivity index (χ2n) is 2.09. The predicted octanol–water partition coefficient (Wildman–Crippen LogP) is -0.501. The Kier molecular flexibility index (Phi) is 1.87. The molecule has 0 fully saturated rings. The summed E-state index contributed by atoms with van der Waals surface area (Å²) in [7, 11) is 0. The first-order chi connectivity index (χ1) is 5.15. The van der Waals surface area contributed by atoms with Crippen molar-refractivity contribution < 1.29 is 19.8 Å². The van der Waals surface area contributed by atoms with Gasteiger partial charge in [0, 0.05) is 11.6 Å². The molecule has 4 nitrogen and oxygen atoms in total. The summed E-state index contributed by atoms with van der Waals surface area (Å²) < 4.78 is 0. The van der Waals surface area contributed by atoms with Gasteiger partial charge in [0.25, 0.3) is 0 Å². The third-order valence-electron chi connectivity index (χ3n) is 1.29. The van der Waals surface area contributed by atoms with Gasteiger partial charge < -0.3 is 10.2 Å². The maximum absolute atomic E-state index is 10.8. The van der Waals surface area contributed by atoms with Gasteiger partial charge in [0.1, 0.15) is 0 Å². The van der Waals surface area contributed by atoms with Crippen LogP contribution in [0.25, 0.3) is 0 Å². The van der Waals surface area contributed by atoms with E-state index in [2.05, 4.69) is 0 Å². The molecule has 1 rings (SSSR count). The molecule has 0 amide bonds. The molecule has 1 aliphatic carbocycles. The van der Waals surface area contributed by atoms with Crippen LogP contribution in [0.5, 0.6) is 0 Å². The molecule has 0 spiro atoms. The second-order valence-corrected chi connectivity index (χ2v) is 2.09. The Morgan fingerprint density at radius 1 is 1.27 bits per heavy atom. The van der Waals surface area contributed by atoms with Gasteiger partial charge in [0.2, 0.25) is 5.78 Å². The molecule has 0 unspecified atom stereocenters. The highest BCUT2D eigenvalue weighted by atomic mass is 16.3. The summed E-state index contributed by atoms with van der Waals surface area (Å²) in [6, 6.07) is 0. The van der Waals surface area contributed by atoms with Gasteiger partial charge in [-0.15, -0.1) is 0 Å². The van der Waals surface area contributed by atoms with E-state index >= 15 is 0 Å². The van der Waals surface area contributed by atoms with E-state index in [0.29, 0.717) is 0 Å². The molecule has 0 aromatic heterocycles. The number of aliphatic hydroxyl groups is 2. The van der Waals surface area contributed by atoms with Gasteiger partial charge >= 0.3 is 0 Å². The second kappa shape index (κ2) is 2.67. The zero-order chi connectivity index (χ0) is 8.43. The lowest BCUT2D eigenvalue weighted by Gasteiger charge is -2.05. The normalized spacial score (nSPS) is 17.9. The lowest BCUT2D eigenvalue weighted by atomic mass is 10.0. The molecule has 4 heteroatoms. The fourth-order valence-corrected chi connectivity index (χ4v) is 0.761. The molecule has 0 bridgehead atoms. The van der Waals surface area contributed by atoms with Crippen LogP contribution < -0.4 is 0 Å². The van der Waals surface area contributed by atoms with Gasteiger partial charge in [0.15, 0.2) is 11.5 Å². The first kappa shape index (κ1) is 7.68. The standard InChI is InChI=1S/C7H6O4/c8-3-4-1-5(9)2-6(10)7(4)11/h1-2,8,10H,3H2.